The molecule has 0 bridgehead atoms. The first-order chi connectivity index (χ1) is 13.8. The van der Waals surface area contributed by atoms with Crippen LogP contribution in [0.2, 0.25) is 0 Å². The van der Waals surface area contributed by atoms with E-state index in [-0.39, 0.29) is 17.3 Å². The second kappa shape index (κ2) is 9.03. The number of carbonyl (C=O) groups is 1. The van der Waals surface area contributed by atoms with Crippen LogP contribution in [0.5, 0.6) is 0 Å². The number of aryl methyl sites for hydroxylation is 2. The Balaban J connectivity index is 1.72. The second-order valence-electron chi connectivity index (χ2n) is 6.96. The summed E-state index contributed by atoms with van der Waals surface area (Å²) in [5, 5.41) is 2.84. The summed E-state index contributed by atoms with van der Waals surface area (Å²) in [6.07, 6.45) is 0. The van der Waals surface area contributed by atoms with E-state index in [1.165, 1.54) is 6.07 Å². The van der Waals surface area contributed by atoms with Crippen molar-refractivity contribution >= 4 is 15.9 Å². The van der Waals surface area contributed by atoms with Crippen molar-refractivity contribution in [3.63, 3.8) is 0 Å². The molecule has 0 aromatic heterocycles. The lowest BCUT2D eigenvalue weighted by molar-refractivity contribution is 0.0950. The van der Waals surface area contributed by atoms with Gasteiger partial charge in [-0.3, -0.25) is 4.79 Å². The Morgan fingerprint density at radius 1 is 0.828 bits per heavy atom. The number of hydrogen-bond acceptors (Lipinski definition) is 3. The quantitative estimate of drug-likeness (QED) is 0.626. The van der Waals surface area contributed by atoms with Gasteiger partial charge in [0.05, 0.1) is 4.90 Å². The molecule has 3 rings (SSSR count). The molecule has 0 saturated heterocycles. The van der Waals surface area contributed by atoms with E-state index in [4.69, 9.17) is 0 Å². The molecule has 0 atom stereocenters. The maximum atomic E-state index is 12.8. The summed E-state index contributed by atoms with van der Waals surface area (Å²) < 4.78 is 28.1. The van der Waals surface area contributed by atoms with Gasteiger partial charge >= 0.3 is 0 Å². The summed E-state index contributed by atoms with van der Waals surface area (Å²) in [5.41, 5.74) is 3.88. The third-order valence-corrected chi connectivity index (χ3v) is 6.17. The highest BCUT2D eigenvalue weighted by Gasteiger charge is 2.19. The molecular weight excluding hydrogens is 384 g/mol. The number of benzene rings is 3. The first-order valence-electron chi connectivity index (χ1n) is 9.33. The van der Waals surface area contributed by atoms with Crippen molar-refractivity contribution in [1.82, 2.24) is 10.0 Å². The number of nitrogens with one attached hydrogen (secondary N) is 2. The number of amides is 1. The third kappa shape index (κ3) is 5.53. The van der Waals surface area contributed by atoms with Gasteiger partial charge in [-0.05, 0) is 42.7 Å². The third-order valence-electron chi connectivity index (χ3n) is 4.62. The summed E-state index contributed by atoms with van der Waals surface area (Å²) in [4.78, 5) is 12.6. The van der Waals surface area contributed by atoms with Crippen LogP contribution in [0.4, 0.5) is 0 Å². The molecule has 6 heteroatoms. The molecule has 29 heavy (non-hydrogen) atoms. The number of rotatable bonds is 7. The van der Waals surface area contributed by atoms with Crippen LogP contribution in [0.15, 0.2) is 77.7 Å². The van der Waals surface area contributed by atoms with E-state index in [0.29, 0.717) is 17.7 Å². The summed E-state index contributed by atoms with van der Waals surface area (Å²) in [7, 11) is -3.75. The minimum Gasteiger partial charge on any atom is -0.348 e. The Labute approximate surface area is 171 Å². The van der Waals surface area contributed by atoms with Crippen LogP contribution in [-0.4, -0.2) is 14.3 Å². The summed E-state index contributed by atoms with van der Waals surface area (Å²) in [6, 6.07) is 21.9. The SMILES string of the molecule is Cc1ccc(CNC(=O)c2ccc(C)c(S(=O)(=O)NCc3ccccc3)c2)cc1. The molecule has 0 fully saturated rings. The van der Waals surface area contributed by atoms with E-state index in [1.807, 2.05) is 61.5 Å². The summed E-state index contributed by atoms with van der Waals surface area (Å²) in [5.74, 6) is -0.315. The van der Waals surface area contributed by atoms with Gasteiger partial charge in [-0.25, -0.2) is 13.1 Å². The highest BCUT2D eigenvalue weighted by atomic mass is 32.2. The van der Waals surface area contributed by atoms with Crippen LogP contribution < -0.4 is 10.0 Å². The lowest BCUT2D eigenvalue weighted by Crippen LogP contribution is -2.26. The largest absolute Gasteiger partial charge is 0.348 e. The van der Waals surface area contributed by atoms with E-state index in [1.54, 1.807) is 19.1 Å². The van der Waals surface area contributed by atoms with Crippen molar-refractivity contribution in [2.45, 2.75) is 31.8 Å². The molecule has 0 heterocycles. The molecule has 2 N–H and O–H groups in total. The highest BCUT2D eigenvalue weighted by Crippen LogP contribution is 2.18. The Morgan fingerprint density at radius 2 is 1.48 bits per heavy atom. The highest BCUT2D eigenvalue weighted by molar-refractivity contribution is 7.89. The molecule has 0 saturated carbocycles. The van der Waals surface area contributed by atoms with Gasteiger partial charge in [0.25, 0.3) is 5.91 Å². The topological polar surface area (TPSA) is 75.3 Å². The molecule has 0 spiro atoms. The fourth-order valence-electron chi connectivity index (χ4n) is 2.87. The lowest BCUT2D eigenvalue weighted by atomic mass is 10.1. The summed E-state index contributed by atoms with van der Waals surface area (Å²) in [6.45, 7) is 4.28. The van der Waals surface area contributed by atoms with E-state index in [2.05, 4.69) is 10.0 Å². The Bertz CT molecular complexity index is 1090. The molecule has 0 radical (unpaired) electrons. The minimum absolute atomic E-state index is 0.108. The number of carbonyl (C=O) groups excluding carboxylic acids is 1. The Morgan fingerprint density at radius 3 is 2.17 bits per heavy atom. The maximum Gasteiger partial charge on any atom is 0.251 e. The maximum absolute atomic E-state index is 12.8. The fourth-order valence-corrected chi connectivity index (χ4v) is 4.16. The smallest absolute Gasteiger partial charge is 0.251 e. The summed E-state index contributed by atoms with van der Waals surface area (Å²) >= 11 is 0. The number of hydrogen-bond donors (Lipinski definition) is 2. The molecule has 0 aliphatic heterocycles. The zero-order chi connectivity index (χ0) is 20.9. The van der Waals surface area contributed by atoms with Gasteiger partial charge in [-0.15, -0.1) is 0 Å². The fraction of sp³-hybridized carbons (Fsp3) is 0.174. The molecule has 0 unspecified atom stereocenters. The van der Waals surface area contributed by atoms with Gasteiger partial charge < -0.3 is 5.32 Å². The normalized spacial score (nSPS) is 11.2. The molecule has 0 aliphatic rings. The average molecular weight is 409 g/mol. The zero-order valence-electron chi connectivity index (χ0n) is 16.5. The van der Waals surface area contributed by atoms with Crippen molar-refractivity contribution in [1.29, 1.82) is 0 Å². The van der Waals surface area contributed by atoms with Gasteiger partial charge in [0.15, 0.2) is 0 Å². The van der Waals surface area contributed by atoms with Crippen molar-refractivity contribution in [3.05, 3.63) is 101 Å². The second-order valence-corrected chi connectivity index (χ2v) is 8.69. The van der Waals surface area contributed by atoms with Crippen LogP contribution in [0.3, 0.4) is 0 Å². The first-order valence-corrected chi connectivity index (χ1v) is 10.8. The molecule has 150 valence electrons. The van der Waals surface area contributed by atoms with Crippen LogP contribution in [-0.2, 0) is 23.1 Å². The molecule has 5 nitrogen and oxygen atoms in total. The average Bonchev–Trinajstić information content (AvgIpc) is 2.72. The molecule has 3 aromatic carbocycles. The Kier molecular flexibility index (Phi) is 6.46. The van der Waals surface area contributed by atoms with Crippen molar-refractivity contribution in [3.8, 4) is 0 Å². The Hall–Kier alpha value is -2.96. The zero-order valence-corrected chi connectivity index (χ0v) is 17.3. The molecular formula is C23H24N2O3S. The number of sulfonamides is 1. The van der Waals surface area contributed by atoms with Crippen LogP contribution in [0, 0.1) is 13.8 Å². The minimum atomic E-state index is -3.75. The van der Waals surface area contributed by atoms with Crippen molar-refractivity contribution in [2.75, 3.05) is 0 Å². The van der Waals surface area contributed by atoms with Crippen molar-refractivity contribution < 1.29 is 13.2 Å². The monoisotopic (exact) mass is 408 g/mol. The van der Waals surface area contributed by atoms with E-state index in [0.717, 1.165) is 16.7 Å². The van der Waals surface area contributed by atoms with Gasteiger partial charge in [0, 0.05) is 18.7 Å². The molecule has 3 aromatic rings. The van der Waals surface area contributed by atoms with Crippen LogP contribution in [0.25, 0.3) is 0 Å². The van der Waals surface area contributed by atoms with Crippen molar-refractivity contribution in [2.24, 2.45) is 0 Å². The predicted molar refractivity (Wildman–Crippen MR) is 114 cm³/mol. The van der Waals surface area contributed by atoms with Crippen LogP contribution in [0.1, 0.15) is 32.6 Å². The van der Waals surface area contributed by atoms with Gasteiger partial charge in [0.1, 0.15) is 0 Å². The first kappa shape index (κ1) is 20.8. The standard InChI is InChI=1S/C23H24N2O3S/c1-17-8-11-20(12-9-17)15-24-23(26)21-13-10-18(2)22(14-21)29(27,28)25-16-19-6-4-3-5-7-19/h3-14,25H,15-16H2,1-2H3,(H,24,26). The molecule has 1 amide bonds. The predicted octanol–water partition coefficient (Wildman–Crippen LogP) is 3.71. The van der Waals surface area contributed by atoms with Gasteiger partial charge in [0.2, 0.25) is 10.0 Å². The van der Waals surface area contributed by atoms with E-state index >= 15 is 0 Å². The van der Waals surface area contributed by atoms with E-state index < -0.39 is 10.0 Å². The van der Waals surface area contributed by atoms with Gasteiger partial charge in [-0.1, -0.05) is 66.2 Å². The molecule has 0 aliphatic carbocycles. The van der Waals surface area contributed by atoms with Crippen LogP contribution >= 0.6 is 0 Å². The van der Waals surface area contributed by atoms with Gasteiger partial charge in [-0.2, -0.15) is 0 Å². The lowest BCUT2D eigenvalue weighted by Gasteiger charge is -2.12. The van der Waals surface area contributed by atoms with E-state index in [9.17, 15) is 13.2 Å².